The van der Waals surface area contributed by atoms with Gasteiger partial charge in [-0.3, -0.25) is 4.98 Å². The zero-order chi connectivity index (χ0) is 13.8. The molecule has 1 atom stereocenters. The second-order valence-corrected chi connectivity index (χ2v) is 5.02. The molecule has 0 aliphatic heterocycles. The lowest BCUT2D eigenvalue weighted by molar-refractivity contribution is 0.571. The quantitative estimate of drug-likeness (QED) is 0.890. The molecule has 1 N–H and O–H groups in total. The van der Waals surface area contributed by atoms with Crippen LogP contribution in [0.15, 0.2) is 30.6 Å². The van der Waals surface area contributed by atoms with Gasteiger partial charge < -0.3 is 9.88 Å². The van der Waals surface area contributed by atoms with Crippen LogP contribution in [0.25, 0.3) is 0 Å². The van der Waals surface area contributed by atoms with E-state index in [4.69, 9.17) is 0 Å². The molecule has 3 nitrogen and oxygen atoms in total. The predicted octanol–water partition coefficient (Wildman–Crippen LogP) is 3.37. The summed E-state index contributed by atoms with van der Waals surface area (Å²) in [4.78, 5) is 4.06. The summed E-state index contributed by atoms with van der Waals surface area (Å²) in [5.41, 5.74) is 5.38. The number of hydrogen-bond donors (Lipinski definition) is 1. The zero-order valence-electron chi connectivity index (χ0n) is 12.3. The molecule has 0 fully saturated rings. The average molecular weight is 257 g/mol. The van der Waals surface area contributed by atoms with E-state index in [0.717, 1.165) is 13.1 Å². The Bertz CT molecular complexity index is 528. The van der Waals surface area contributed by atoms with Gasteiger partial charge in [-0.15, -0.1) is 0 Å². The van der Waals surface area contributed by atoms with Gasteiger partial charge in [-0.05, 0) is 57.0 Å². The first kappa shape index (κ1) is 13.8. The Morgan fingerprint density at radius 3 is 2.53 bits per heavy atom. The Morgan fingerprint density at radius 1 is 1.26 bits per heavy atom. The van der Waals surface area contributed by atoms with Crippen LogP contribution >= 0.6 is 0 Å². The van der Waals surface area contributed by atoms with Gasteiger partial charge in [-0.1, -0.05) is 0 Å². The Morgan fingerprint density at radius 2 is 1.95 bits per heavy atom. The molecule has 0 spiro atoms. The maximum Gasteiger partial charge on any atom is 0.0296 e. The van der Waals surface area contributed by atoms with Gasteiger partial charge in [-0.2, -0.15) is 0 Å². The van der Waals surface area contributed by atoms with E-state index >= 15 is 0 Å². The summed E-state index contributed by atoms with van der Waals surface area (Å²) in [5, 5.41) is 3.58. The molecule has 0 saturated carbocycles. The molecule has 0 radical (unpaired) electrons. The summed E-state index contributed by atoms with van der Waals surface area (Å²) >= 11 is 0. The summed E-state index contributed by atoms with van der Waals surface area (Å²) in [6.45, 7) is 10.7. The number of aryl methyl sites for hydroxylation is 1. The lowest BCUT2D eigenvalue weighted by Crippen LogP contribution is -2.18. The van der Waals surface area contributed by atoms with Crippen LogP contribution < -0.4 is 5.32 Å². The average Bonchev–Trinajstić information content (AvgIpc) is 2.71. The molecule has 0 unspecified atom stereocenters. The molecule has 0 amide bonds. The van der Waals surface area contributed by atoms with Crippen molar-refractivity contribution in [2.75, 3.05) is 0 Å². The fourth-order valence-electron chi connectivity index (χ4n) is 2.57. The number of pyridine rings is 1. The molecule has 3 heteroatoms. The first-order valence-electron chi connectivity index (χ1n) is 6.92. The lowest BCUT2D eigenvalue weighted by Gasteiger charge is -2.14. The highest BCUT2D eigenvalue weighted by Crippen LogP contribution is 2.17. The van der Waals surface area contributed by atoms with Crippen molar-refractivity contribution in [1.29, 1.82) is 0 Å². The second kappa shape index (κ2) is 6.02. The molecule has 0 aliphatic carbocycles. The molecular weight excluding hydrogens is 234 g/mol. The van der Waals surface area contributed by atoms with E-state index < -0.39 is 0 Å². The highest BCUT2D eigenvalue weighted by Gasteiger charge is 2.09. The van der Waals surface area contributed by atoms with Gasteiger partial charge >= 0.3 is 0 Å². The van der Waals surface area contributed by atoms with Crippen molar-refractivity contribution in [3.63, 3.8) is 0 Å². The largest absolute Gasteiger partial charge is 0.349 e. The molecule has 0 saturated heterocycles. The van der Waals surface area contributed by atoms with E-state index in [0.29, 0.717) is 6.04 Å². The Hall–Kier alpha value is -1.61. The zero-order valence-corrected chi connectivity index (χ0v) is 12.3. The van der Waals surface area contributed by atoms with Crippen LogP contribution in [0.3, 0.4) is 0 Å². The van der Waals surface area contributed by atoms with Gasteiger partial charge in [0.2, 0.25) is 0 Å². The van der Waals surface area contributed by atoms with Gasteiger partial charge in [-0.25, -0.2) is 0 Å². The lowest BCUT2D eigenvalue weighted by atomic mass is 10.1. The molecule has 2 aromatic heterocycles. The van der Waals surface area contributed by atoms with Gasteiger partial charge in [0.15, 0.2) is 0 Å². The van der Waals surface area contributed by atoms with Gasteiger partial charge in [0.25, 0.3) is 0 Å². The van der Waals surface area contributed by atoms with Crippen molar-refractivity contribution >= 4 is 0 Å². The number of rotatable bonds is 5. The van der Waals surface area contributed by atoms with Crippen LogP contribution in [0.5, 0.6) is 0 Å². The number of nitrogens with one attached hydrogen (secondary N) is 1. The molecule has 2 aromatic rings. The molecule has 0 aromatic carbocycles. The van der Waals surface area contributed by atoms with Crippen LogP contribution in [0.4, 0.5) is 0 Å². The topological polar surface area (TPSA) is 29.9 Å². The van der Waals surface area contributed by atoms with E-state index in [1.54, 1.807) is 0 Å². The first-order chi connectivity index (χ1) is 9.13. The smallest absolute Gasteiger partial charge is 0.0296 e. The van der Waals surface area contributed by atoms with Crippen molar-refractivity contribution in [2.45, 2.75) is 46.8 Å². The van der Waals surface area contributed by atoms with Crippen molar-refractivity contribution in [3.8, 4) is 0 Å². The molecule has 0 bridgehead atoms. The third-order valence-electron chi connectivity index (χ3n) is 3.80. The van der Waals surface area contributed by atoms with Crippen LogP contribution in [-0.2, 0) is 13.1 Å². The van der Waals surface area contributed by atoms with Crippen molar-refractivity contribution in [1.82, 2.24) is 14.9 Å². The predicted molar refractivity (Wildman–Crippen MR) is 79.1 cm³/mol. The van der Waals surface area contributed by atoms with Crippen molar-refractivity contribution in [2.24, 2.45) is 0 Å². The third-order valence-corrected chi connectivity index (χ3v) is 3.80. The molecule has 19 heavy (non-hydrogen) atoms. The summed E-state index contributed by atoms with van der Waals surface area (Å²) in [7, 11) is 0. The number of nitrogens with zero attached hydrogens (tertiary/aromatic N) is 2. The van der Waals surface area contributed by atoms with Crippen LogP contribution in [-0.4, -0.2) is 9.55 Å². The fourth-order valence-corrected chi connectivity index (χ4v) is 2.57. The van der Waals surface area contributed by atoms with Crippen LogP contribution in [0.2, 0.25) is 0 Å². The molecular formula is C16H23N3. The highest BCUT2D eigenvalue weighted by atomic mass is 15.0. The van der Waals surface area contributed by atoms with Gasteiger partial charge in [0.05, 0.1) is 0 Å². The number of aromatic nitrogens is 2. The minimum absolute atomic E-state index is 0.340. The Balaban J connectivity index is 2.03. The SMILES string of the molecule is CCn1c(C)cc(CN[C@@H](C)c2ccncc2)c1C. The van der Waals surface area contributed by atoms with Crippen LogP contribution in [0.1, 0.15) is 42.4 Å². The van der Waals surface area contributed by atoms with Crippen LogP contribution in [0, 0.1) is 13.8 Å². The Labute approximate surface area is 115 Å². The molecule has 2 heterocycles. The fraction of sp³-hybridized carbons (Fsp3) is 0.438. The van der Waals surface area contributed by atoms with Gasteiger partial charge in [0, 0.05) is 42.9 Å². The standard InChI is InChI=1S/C16H23N3/c1-5-19-12(2)10-16(14(19)4)11-18-13(3)15-6-8-17-9-7-15/h6-10,13,18H,5,11H2,1-4H3/t13-/m0/s1. The van der Waals surface area contributed by atoms with E-state index in [1.165, 1.54) is 22.5 Å². The monoisotopic (exact) mass is 257 g/mol. The maximum atomic E-state index is 4.06. The van der Waals surface area contributed by atoms with Gasteiger partial charge in [0.1, 0.15) is 0 Å². The molecule has 2 rings (SSSR count). The highest BCUT2D eigenvalue weighted by molar-refractivity contribution is 5.27. The normalized spacial score (nSPS) is 12.6. The maximum absolute atomic E-state index is 4.06. The molecule has 102 valence electrons. The minimum Gasteiger partial charge on any atom is -0.349 e. The minimum atomic E-state index is 0.340. The third kappa shape index (κ3) is 3.04. The first-order valence-corrected chi connectivity index (χ1v) is 6.92. The molecule has 0 aliphatic rings. The Kier molecular flexibility index (Phi) is 4.38. The number of hydrogen-bond acceptors (Lipinski definition) is 2. The second-order valence-electron chi connectivity index (χ2n) is 5.02. The van der Waals surface area contributed by atoms with E-state index in [2.05, 4.69) is 60.8 Å². The van der Waals surface area contributed by atoms with Crippen molar-refractivity contribution < 1.29 is 0 Å². The summed E-state index contributed by atoms with van der Waals surface area (Å²) in [6.07, 6.45) is 3.69. The van der Waals surface area contributed by atoms with E-state index in [1.807, 2.05) is 12.4 Å². The van der Waals surface area contributed by atoms with E-state index in [-0.39, 0.29) is 0 Å². The van der Waals surface area contributed by atoms with E-state index in [9.17, 15) is 0 Å². The van der Waals surface area contributed by atoms with Crippen molar-refractivity contribution in [3.05, 3.63) is 53.1 Å². The summed E-state index contributed by atoms with van der Waals surface area (Å²) in [5.74, 6) is 0. The summed E-state index contributed by atoms with van der Waals surface area (Å²) in [6, 6.07) is 6.75. The summed E-state index contributed by atoms with van der Waals surface area (Å²) < 4.78 is 2.36.